The molecular formula is C20H20N2O4. The highest BCUT2D eigenvalue weighted by Crippen LogP contribution is 2.35. The van der Waals surface area contributed by atoms with Crippen LogP contribution < -0.4 is 14.8 Å². The first kappa shape index (κ1) is 17.5. The van der Waals surface area contributed by atoms with Gasteiger partial charge in [0.15, 0.2) is 5.78 Å². The number of rotatable bonds is 5. The standard InChI is InChI=1S/C20H20N2O4/c1-12(23)13-6-5-7-14(10-13)21-20(24)16-11-15-17(25-3)8-9-18(26-4)19(15)22(16)2/h5-11H,1-4H3,(H,21,24). The molecule has 6 heteroatoms. The van der Waals surface area contributed by atoms with Gasteiger partial charge in [-0.2, -0.15) is 0 Å². The number of aryl methyl sites for hydroxylation is 1. The maximum Gasteiger partial charge on any atom is 0.272 e. The van der Waals surface area contributed by atoms with Gasteiger partial charge < -0.3 is 19.4 Å². The molecule has 0 saturated heterocycles. The molecule has 0 unspecified atom stereocenters. The van der Waals surface area contributed by atoms with Crippen LogP contribution in [-0.4, -0.2) is 30.5 Å². The van der Waals surface area contributed by atoms with Crippen LogP contribution in [0.4, 0.5) is 5.69 Å². The van der Waals surface area contributed by atoms with E-state index in [0.29, 0.717) is 28.4 Å². The number of benzene rings is 2. The smallest absolute Gasteiger partial charge is 0.272 e. The van der Waals surface area contributed by atoms with Crippen LogP contribution in [0, 0.1) is 0 Å². The van der Waals surface area contributed by atoms with E-state index in [4.69, 9.17) is 9.47 Å². The molecule has 0 radical (unpaired) electrons. The molecule has 0 aliphatic rings. The zero-order chi connectivity index (χ0) is 18.8. The van der Waals surface area contributed by atoms with Crippen LogP contribution in [0.1, 0.15) is 27.8 Å². The van der Waals surface area contributed by atoms with Crippen LogP contribution >= 0.6 is 0 Å². The fraction of sp³-hybridized carbons (Fsp3) is 0.200. The number of carbonyl (C=O) groups is 2. The normalized spacial score (nSPS) is 10.6. The Labute approximate surface area is 151 Å². The molecule has 1 aromatic heterocycles. The molecule has 1 heterocycles. The molecule has 1 N–H and O–H groups in total. The maximum absolute atomic E-state index is 12.8. The Hall–Kier alpha value is -3.28. The summed E-state index contributed by atoms with van der Waals surface area (Å²) in [5.41, 5.74) is 2.33. The molecule has 26 heavy (non-hydrogen) atoms. The minimum Gasteiger partial charge on any atom is -0.496 e. The van der Waals surface area contributed by atoms with E-state index in [1.54, 1.807) is 68.3 Å². The topological polar surface area (TPSA) is 69.6 Å². The maximum atomic E-state index is 12.8. The molecule has 134 valence electrons. The number of ketones is 1. The Morgan fingerprint density at radius 1 is 1.00 bits per heavy atom. The molecule has 0 saturated carbocycles. The van der Waals surface area contributed by atoms with Gasteiger partial charge in [0.25, 0.3) is 5.91 Å². The Morgan fingerprint density at radius 2 is 1.69 bits per heavy atom. The van der Waals surface area contributed by atoms with Gasteiger partial charge in [-0.15, -0.1) is 0 Å². The molecule has 0 aliphatic carbocycles. The summed E-state index contributed by atoms with van der Waals surface area (Å²) in [7, 11) is 4.97. The van der Waals surface area contributed by atoms with Crippen molar-refractivity contribution in [3.8, 4) is 11.5 Å². The van der Waals surface area contributed by atoms with Crippen LogP contribution in [0.5, 0.6) is 11.5 Å². The van der Waals surface area contributed by atoms with E-state index in [-0.39, 0.29) is 11.7 Å². The van der Waals surface area contributed by atoms with Crippen LogP contribution in [0.25, 0.3) is 10.9 Å². The minimum atomic E-state index is -0.284. The SMILES string of the molecule is COc1ccc(OC)c2c1cc(C(=O)Nc1cccc(C(C)=O)c1)n2C. The lowest BCUT2D eigenvalue weighted by Gasteiger charge is -2.09. The summed E-state index contributed by atoms with van der Waals surface area (Å²) in [5.74, 6) is 0.976. The van der Waals surface area contributed by atoms with E-state index in [2.05, 4.69) is 5.32 Å². The van der Waals surface area contributed by atoms with Crippen molar-refractivity contribution in [1.82, 2.24) is 4.57 Å². The predicted molar refractivity (Wildman–Crippen MR) is 100 cm³/mol. The number of Topliss-reactive ketones (excluding diaryl/α,β-unsaturated/α-hetero) is 1. The van der Waals surface area contributed by atoms with Crippen molar-refractivity contribution in [2.24, 2.45) is 7.05 Å². The Bertz CT molecular complexity index is 1000. The first-order valence-corrected chi connectivity index (χ1v) is 8.09. The van der Waals surface area contributed by atoms with E-state index in [9.17, 15) is 9.59 Å². The number of hydrogen-bond acceptors (Lipinski definition) is 4. The number of nitrogens with zero attached hydrogens (tertiary/aromatic N) is 1. The molecule has 0 atom stereocenters. The highest BCUT2D eigenvalue weighted by Gasteiger charge is 2.19. The lowest BCUT2D eigenvalue weighted by Crippen LogP contribution is -2.15. The first-order chi connectivity index (χ1) is 12.5. The number of ether oxygens (including phenoxy) is 2. The Kier molecular flexibility index (Phi) is 4.67. The average molecular weight is 352 g/mol. The fourth-order valence-electron chi connectivity index (χ4n) is 2.98. The third-order valence-corrected chi connectivity index (χ3v) is 4.32. The predicted octanol–water partition coefficient (Wildman–Crippen LogP) is 3.65. The second kappa shape index (κ2) is 6.92. The molecule has 3 aromatic rings. The van der Waals surface area contributed by atoms with Crippen molar-refractivity contribution in [2.75, 3.05) is 19.5 Å². The van der Waals surface area contributed by atoms with Gasteiger partial charge in [0, 0.05) is 23.7 Å². The summed E-state index contributed by atoms with van der Waals surface area (Å²) in [6.07, 6.45) is 0. The number of hydrogen-bond donors (Lipinski definition) is 1. The van der Waals surface area contributed by atoms with Crippen LogP contribution in [0.15, 0.2) is 42.5 Å². The summed E-state index contributed by atoms with van der Waals surface area (Å²) in [6, 6.07) is 12.2. The summed E-state index contributed by atoms with van der Waals surface area (Å²) < 4.78 is 12.6. The Balaban J connectivity index is 2.02. The Morgan fingerprint density at radius 3 is 2.35 bits per heavy atom. The molecule has 0 spiro atoms. The van der Waals surface area contributed by atoms with Crippen molar-refractivity contribution in [1.29, 1.82) is 0 Å². The number of fused-ring (bicyclic) bond motifs is 1. The lowest BCUT2D eigenvalue weighted by atomic mass is 10.1. The number of nitrogens with one attached hydrogen (secondary N) is 1. The third-order valence-electron chi connectivity index (χ3n) is 4.32. The van der Waals surface area contributed by atoms with E-state index < -0.39 is 0 Å². The van der Waals surface area contributed by atoms with Gasteiger partial charge in [0.2, 0.25) is 0 Å². The van der Waals surface area contributed by atoms with E-state index in [0.717, 1.165) is 10.9 Å². The van der Waals surface area contributed by atoms with Crippen molar-refractivity contribution in [3.63, 3.8) is 0 Å². The van der Waals surface area contributed by atoms with E-state index >= 15 is 0 Å². The molecule has 2 aromatic carbocycles. The molecule has 1 amide bonds. The largest absolute Gasteiger partial charge is 0.496 e. The number of carbonyl (C=O) groups excluding carboxylic acids is 2. The van der Waals surface area contributed by atoms with Gasteiger partial charge in [0.05, 0.1) is 19.7 Å². The summed E-state index contributed by atoms with van der Waals surface area (Å²) >= 11 is 0. The third kappa shape index (κ3) is 3.01. The van der Waals surface area contributed by atoms with Gasteiger partial charge in [-0.25, -0.2) is 0 Å². The summed E-state index contributed by atoms with van der Waals surface area (Å²) in [6.45, 7) is 1.49. The second-order valence-corrected chi connectivity index (χ2v) is 5.91. The second-order valence-electron chi connectivity index (χ2n) is 5.91. The number of amides is 1. The van der Waals surface area contributed by atoms with Gasteiger partial charge in [-0.1, -0.05) is 12.1 Å². The molecule has 0 aliphatic heterocycles. The van der Waals surface area contributed by atoms with Crippen LogP contribution in [0.3, 0.4) is 0 Å². The van der Waals surface area contributed by atoms with E-state index in [1.165, 1.54) is 6.92 Å². The van der Waals surface area contributed by atoms with Gasteiger partial charge in [0.1, 0.15) is 17.2 Å². The van der Waals surface area contributed by atoms with Gasteiger partial charge >= 0.3 is 0 Å². The molecule has 0 fully saturated rings. The van der Waals surface area contributed by atoms with Gasteiger partial charge in [-0.05, 0) is 37.3 Å². The highest BCUT2D eigenvalue weighted by molar-refractivity contribution is 6.08. The quantitative estimate of drug-likeness (QED) is 0.712. The zero-order valence-electron chi connectivity index (χ0n) is 15.1. The molecule has 6 nitrogen and oxygen atoms in total. The number of methoxy groups -OCH3 is 2. The van der Waals surface area contributed by atoms with Crippen molar-refractivity contribution < 1.29 is 19.1 Å². The van der Waals surface area contributed by atoms with E-state index in [1.807, 2.05) is 0 Å². The monoisotopic (exact) mass is 352 g/mol. The van der Waals surface area contributed by atoms with Crippen molar-refractivity contribution >= 4 is 28.3 Å². The van der Waals surface area contributed by atoms with Gasteiger partial charge in [-0.3, -0.25) is 9.59 Å². The highest BCUT2D eigenvalue weighted by atomic mass is 16.5. The zero-order valence-corrected chi connectivity index (χ0v) is 15.1. The average Bonchev–Trinajstić information content (AvgIpc) is 2.99. The molecule has 3 rings (SSSR count). The number of anilines is 1. The minimum absolute atomic E-state index is 0.0554. The molecule has 0 bridgehead atoms. The summed E-state index contributed by atoms with van der Waals surface area (Å²) in [5, 5.41) is 3.63. The molecular weight excluding hydrogens is 332 g/mol. The van der Waals surface area contributed by atoms with Crippen molar-refractivity contribution in [3.05, 3.63) is 53.7 Å². The fourth-order valence-corrected chi connectivity index (χ4v) is 2.98. The number of aromatic nitrogens is 1. The first-order valence-electron chi connectivity index (χ1n) is 8.09. The van der Waals surface area contributed by atoms with Crippen LogP contribution in [-0.2, 0) is 7.05 Å². The lowest BCUT2D eigenvalue weighted by molar-refractivity contribution is 0.100. The van der Waals surface area contributed by atoms with Crippen LogP contribution in [0.2, 0.25) is 0 Å². The summed E-state index contributed by atoms with van der Waals surface area (Å²) in [4.78, 5) is 24.3. The van der Waals surface area contributed by atoms with Crippen molar-refractivity contribution in [2.45, 2.75) is 6.92 Å².